The third-order valence-corrected chi connectivity index (χ3v) is 6.83. The summed E-state index contributed by atoms with van der Waals surface area (Å²) in [5.74, 6) is -0.494. The molecule has 38 heavy (non-hydrogen) atoms. The van der Waals surface area contributed by atoms with Crippen molar-refractivity contribution in [3.05, 3.63) is 113 Å². The molecule has 204 valence electrons. The Bertz CT molecular complexity index is 1170. The van der Waals surface area contributed by atoms with Crippen molar-refractivity contribution >= 4 is 11.5 Å². The van der Waals surface area contributed by atoms with Crippen molar-refractivity contribution in [2.24, 2.45) is 5.92 Å². The lowest BCUT2D eigenvalue weighted by atomic mass is 9.79. The van der Waals surface area contributed by atoms with Crippen molar-refractivity contribution < 1.29 is 9.18 Å². The van der Waals surface area contributed by atoms with Gasteiger partial charge in [-0.1, -0.05) is 68.0 Å². The number of anilines is 1. The summed E-state index contributed by atoms with van der Waals surface area (Å²) in [5.41, 5.74) is 7.47. The first-order valence-electron chi connectivity index (χ1n) is 13.7. The Labute approximate surface area is 230 Å². The average molecular weight is 517 g/mol. The third kappa shape index (κ3) is 8.95. The smallest absolute Gasteiger partial charge is 0.163 e. The first-order chi connectivity index (χ1) is 18.2. The van der Waals surface area contributed by atoms with Gasteiger partial charge in [-0.15, -0.1) is 0 Å². The lowest BCUT2D eigenvalue weighted by Gasteiger charge is -2.34. The predicted molar refractivity (Wildman–Crippen MR) is 161 cm³/mol. The van der Waals surface area contributed by atoms with E-state index in [1.165, 1.54) is 36.5 Å². The summed E-state index contributed by atoms with van der Waals surface area (Å²) in [6, 6.07) is 13.5. The maximum Gasteiger partial charge on any atom is 0.163 e. The molecule has 0 amide bonds. The number of rotatable bonds is 4. The molecule has 4 heteroatoms. The number of carbonyl (C=O) groups is 1. The number of ketones is 1. The molecule has 2 aromatic carbocycles. The summed E-state index contributed by atoms with van der Waals surface area (Å²) in [6.07, 6.45) is 7.90. The van der Waals surface area contributed by atoms with E-state index in [2.05, 4.69) is 54.6 Å². The number of nitrogens with zero attached hydrogens (tertiary/aromatic N) is 2. The second-order valence-corrected chi connectivity index (χ2v) is 9.88. The van der Waals surface area contributed by atoms with Crippen LogP contribution < -0.4 is 4.90 Å². The molecule has 2 aromatic rings. The summed E-state index contributed by atoms with van der Waals surface area (Å²) in [6.45, 7) is 20.5. The summed E-state index contributed by atoms with van der Waals surface area (Å²) in [5, 5.41) is 0. The highest BCUT2D eigenvalue weighted by Gasteiger charge is 2.27. The van der Waals surface area contributed by atoms with Crippen molar-refractivity contribution in [3.63, 3.8) is 0 Å². The van der Waals surface area contributed by atoms with Gasteiger partial charge < -0.3 is 9.80 Å². The molecule has 1 heterocycles. The molecule has 1 aliphatic carbocycles. The van der Waals surface area contributed by atoms with Gasteiger partial charge in [0.2, 0.25) is 0 Å². The maximum absolute atomic E-state index is 13.5. The molecule has 0 N–H and O–H groups in total. The monoisotopic (exact) mass is 516 g/mol. The molecule has 1 unspecified atom stereocenters. The van der Waals surface area contributed by atoms with Crippen LogP contribution in [0.2, 0.25) is 0 Å². The SMILES string of the molecule is C=C(C)/C=C1\C(=C/C)C=CC(=O)C1Cc1cc(F)ccc1C.CC.Cc1ccc(N2CCN(C)CC2)cc1. The van der Waals surface area contributed by atoms with Crippen LogP contribution in [0.3, 0.4) is 0 Å². The van der Waals surface area contributed by atoms with Gasteiger partial charge in [0, 0.05) is 31.9 Å². The fraction of sp³-hybridized carbons (Fsp3) is 0.382. The molecule has 1 atom stereocenters. The Morgan fingerprint density at radius 2 is 1.66 bits per heavy atom. The molecule has 1 aliphatic heterocycles. The summed E-state index contributed by atoms with van der Waals surface area (Å²) >= 11 is 0. The standard InChI is InChI=1S/C20H21FO.C12H18N2.C2H6/c1-5-15-7-9-20(22)19(18(15)10-13(2)3)12-16-11-17(21)8-6-14(16)4;1-11-3-5-12(6-4-11)14-9-7-13(2)8-10-14;1-2/h5-11,19H,2,12H2,1,3-4H3;3-6H,7-10H2,1-2H3;1-2H3/b15-5-,18-10+;;. The zero-order chi connectivity index (χ0) is 28.2. The number of aryl methyl sites for hydroxylation is 2. The fourth-order valence-corrected chi connectivity index (χ4v) is 4.56. The molecule has 0 saturated carbocycles. The van der Waals surface area contributed by atoms with Crippen LogP contribution in [0.1, 0.15) is 44.4 Å². The highest BCUT2D eigenvalue weighted by molar-refractivity contribution is 5.97. The number of piperazine rings is 1. The molecule has 1 fully saturated rings. The van der Waals surface area contributed by atoms with Crippen LogP contribution in [0.25, 0.3) is 0 Å². The Hall–Kier alpha value is -3.24. The van der Waals surface area contributed by atoms with E-state index >= 15 is 0 Å². The van der Waals surface area contributed by atoms with Gasteiger partial charge in [-0.2, -0.15) is 0 Å². The van der Waals surface area contributed by atoms with Gasteiger partial charge in [0.1, 0.15) is 5.82 Å². The van der Waals surface area contributed by atoms with E-state index in [9.17, 15) is 9.18 Å². The number of benzene rings is 2. The molecule has 4 rings (SSSR count). The van der Waals surface area contributed by atoms with E-state index in [0.717, 1.165) is 40.9 Å². The van der Waals surface area contributed by atoms with E-state index in [4.69, 9.17) is 0 Å². The topological polar surface area (TPSA) is 23.6 Å². The zero-order valence-corrected chi connectivity index (χ0v) is 24.4. The number of halogens is 1. The number of allylic oxidation sites excluding steroid dienone is 7. The van der Waals surface area contributed by atoms with Crippen LogP contribution in [0.5, 0.6) is 0 Å². The van der Waals surface area contributed by atoms with Crippen molar-refractivity contribution in [2.45, 2.75) is 48.0 Å². The van der Waals surface area contributed by atoms with E-state index in [0.29, 0.717) is 6.42 Å². The number of carbonyl (C=O) groups excluding carboxylic acids is 1. The molecule has 3 nitrogen and oxygen atoms in total. The lowest BCUT2D eigenvalue weighted by molar-refractivity contribution is -0.117. The minimum Gasteiger partial charge on any atom is -0.369 e. The average Bonchev–Trinajstić information content (AvgIpc) is 2.90. The summed E-state index contributed by atoms with van der Waals surface area (Å²) in [4.78, 5) is 17.2. The van der Waals surface area contributed by atoms with Gasteiger partial charge in [0.05, 0.1) is 5.92 Å². The number of hydrogen-bond donors (Lipinski definition) is 0. The largest absolute Gasteiger partial charge is 0.369 e. The van der Waals surface area contributed by atoms with Crippen molar-refractivity contribution in [1.82, 2.24) is 4.90 Å². The first-order valence-corrected chi connectivity index (χ1v) is 13.7. The molecule has 0 aromatic heterocycles. The molecule has 1 saturated heterocycles. The third-order valence-electron chi connectivity index (χ3n) is 6.83. The molecule has 0 spiro atoms. The normalized spacial score (nSPS) is 19.5. The Kier molecular flexibility index (Phi) is 12.4. The van der Waals surface area contributed by atoms with Crippen LogP contribution in [0.4, 0.5) is 10.1 Å². The fourth-order valence-electron chi connectivity index (χ4n) is 4.56. The highest BCUT2D eigenvalue weighted by atomic mass is 19.1. The summed E-state index contributed by atoms with van der Waals surface area (Å²) in [7, 11) is 2.19. The molecular formula is C34H45FN2O. The van der Waals surface area contributed by atoms with Crippen LogP contribution in [0.15, 0.2) is 90.1 Å². The Morgan fingerprint density at radius 1 is 1.03 bits per heavy atom. The van der Waals surface area contributed by atoms with Gasteiger partial charge in [-0.3, -0.25) is 4.79 Å². The Morgan fingerprint density at radius 3 is 2.24 bits per heavy atom. The van der Waals surface area contributed by atoms with E-state index in [1.807, 2.05) is 52.8 Å². The second-order valence-electron chi connectivity index (χ2n) is 9.88. The van der Waals surface area contributed by atoms with E-state index in [1.54, 1.807) is 12.1 Å². The van der Waals surface area contributed by atoms with Crippen molar-refractivity contribution in [1.29, 1.82) is 0 Å². The van der Waals surface area contributed by atoms with Crippen molar-refractivity contribution in [3.8, 4) is 0 Å². The van der Waals surface area contributed by atoms with Gasteiger partial charge in [0.15, 0.2) is 5.78 Å². The molecule has 0 bridgehead atoms. The quantitative estimate of drug-likeness (QED) is 0.417. The predicted octanol–water partition coefficient (Wildman–Crippen LogP) is 7.65. The van der Waals surface area contributed by atoms with Crippen LogP contribution in [-0.4, -0.2) is 43.9 Å². The van der Waals surface area contributed by atoms with Gasteiger partial charge in [-0.25, -0.2) is 4.39 Å². The second kappa shape index (κ2) is 15.2. The van der Waals surface area contributed by atoms with E-state index < -0.39 is 0 Å². The van der Waals surface area contributed by atoms with Crippen molar-refractivity contribution in [2.75, 3.05) is 38.1 Å². The van der Waals surface area contributed by atoms with E-state index in [-0.39, 0.29) is 17.5 Å². The minimum absolute atomic E-state index is 0.0572. The highest BCUT2D eigenvalue weighted by Crippen LogP contribution is 2.31. The first kappa shape index (κ1) is 31.0. The molecule has 0 radical (unpaired) electrons. The van der Waals surface area contributed by atoms with Gasteiger partial charge >= 0.3 is 0 Å². The zero-order valence-electron chi connectivity index (χ0n) is 24.4. The number of likely N-dealkylation sites (N-methyl/N-ethyl adjacent to an activating group) is 1. The Balaban J connectivity index is 0.000000272. The maximum atomic E-state index is 13.5. The molecular weight excluding hydrogens is 471 g/mol. The molecule has 2 aliphatic rings. The van der Waals surface area contributed by atoms with Gasteiger partial charge in [-0.05, 0) is 93.8 Å². The lowest BCUT2D eigenvalue weighted by Crippen LogP contribution is -2.44. The van der Waals surface area contributed by atoms with Gasteiger partial charge in [0.25, 0.3) is 0 Å². The van der Waals surface area contributed by atoms with Crippen LogP contribution in [-0.2, 0) is 11.2 Å². The minimum atomic E-state index is -0.284. The van der Waals surface area contributed by atoms with Crippen LogP contribution >= 0.6 is 0 Å². The van der Waals surface area contributed by atoms with Crippen LogP contribution in [0, 0.1) is 25.6 Å². The number of hydrogen-bond acceptors (Lipinski definition) is 3. The summed E-state index contributed by atoms with van der Waals surface area (Å²) < 4.78 is 13.5.